The maximum absolute atomic E-state index is 12.2. The normalized spacial score (nSPS) is 16.6. The quantitative estimate of drug-likeness (QED) is 0.542. The summed E-state index contributed by atoms with van der Waals surface area (Å²) in [5.41, 5.74) is 1.30. The number of amides is 1. The van der Waals surface area contributed by atoms with Crippen LogP contribution in [0, 0.1) is 0 Å². The summed E-state index contributed by atoms with van der Waals surface area (Å²) in [6, 6.07) is 14.6. The van der Waals surface area contributed by atoms with Gasteiger partial charge in [-0.25, -0.2) is 0 Å². The van der Waals surface area contributed by atoms with E-state index in [4.69, 9.17) is 0 Å². The van der Waals surface area contributed by atoms with Gasteiger partial charge in [-0.05, 0) is 36.1 Å². The van der Waals surface area contributed by atoms with E-state index in [0.29, 0.717) is 18.5 Å². The molecule has 0 bridgehead atoms. The minimum Gasteiger partial charge on any atom is -0.393 e. The summed E-state index contributed by atoms with van der Waals surface area (Å²) < 4.78 is 0. The predicted molar refractivity (Wildman–Crippen MR) is 96.3 cm³/mol. The monoisotopic (exact) mass is 324 g/mol. The van der Waals surface area contributed by atoms with Gasteiger partial charge in [0.2, 0.25) is 5.91 Å². The van der Waals surface area contributed by atoms with Crippen molar-refractivity contribution in [3.05, 3.63) is 60.2 Å². The second-order valence-electron chi connectivity index (χ2n) is 6.68. The smallest absolute Gasteiger partial charge is 0.248 e. The minimum absolute atomic E-state index is 0.182. The molecule has 126 valence electrons. The number of carbonyl (C=O) groups excluding carboxylic acids is 1. The molecule has 3 rings (SSSR count). The lowest BCUT2D eigenvalue weighted by molar-refractivity contribution is -0.119. The Kier molecular flexibility index (Phi) is 4.69. The number of carbonyl (C=O) groups is 1. The maximum atomic E-state index is 12.2. The number of hydrogen-bond donors (Lipinski definition) is 3. The van der Waals surface area contributed by atoms with Gasteiger partial charge in [0.25, 0.3) is 0 Å². The van der Waals surface area contributed by atoms with Crippen molar-refractivity contribution in [2.24, 2.45) is 0 Å². The standard InChI is InChI=1S/C20H24N2O2/c1-14(12-15(2)23)19(24)22-20(10-11-20)21-13-17-8-5-7-16-6-3-4-9-18(16)17/h3-9,15,21,23H,1,10-13H2,2H3,(H,22,24)/t15-/m1/s1. The molecule has 4 nitrogen and oxygen atoms in total. The van der Waals surface area contributed by atoms with Crippen LogP contribution in [0.2, 0.25) is 0 Å². The SMILES string of the molecule is C=C(C[C@@H](C)O)C(=O)NC1(NCc2cccc3ccccc23)CC1. The Hall–Kier alpha value is -2.17. The molecule has 2 aromatic rings. The predicted octanol–water partition coefficient (Wildman–Crippen LogP) is 2.86. The van der Waals surface area contributed by atoms with E-state index in [2.05, 4.69) is 47.5 Å². The Morgan fingerprint density at radius 1 is 1.25 bits per heavy atom. The van der Waals surface area contributed by atoms with Crippen LogP contribution in [-0.2, 0) is 11.3 Å². The molecule has 1 atom stereocenters. The summed E-state index contributed by atoms with van der Waals surface area (Å²) in [5, 5.41) is 18.3. The van der Waals surface area contributed by atoms with E-state index >= 15 is 0 Å². The highest BCUT2D eigenvalue weighted by Crippen LogP contribution is 2.33. The first-order valence-electron chi connectivity index (χ1n) is 8.39. The van der Waals surface area contributed by atoms with E-state index in [1.807, 2.05) is 12.1 Å². The Morgan fingerprint density at radius 2 is 1.96 bits per heavy atom. The van der Waals surface area contributed by atoms with Gasteiger partial charge in [0.1, 0.15) is 0 Å². The average molecular weight is 324 g/mol. The summed E-state index contributed by atoms with van der Waals surface area (Å²) >= 11 is 0. The van der Waals surface area contributed by atoms with Gasteiger partial charge in [-0.1, -0.05) is 49.0 Å². The van der Waals surface area contributed by atoms with Gasteiger partial charge < -0.3 is 10.4 Å². The number of fused-ring (bicyclic) bond motifs is 1. The third-order valence-corrected chi connectivity index (χ3v) is 4.46. The van der Waals surface area contributed by atoms with Crippen LogP contribution in [0.4, 0.5) is 0 Å². The van der Waals surface area contributed by atoms with Crippen molar-refractivity contribution in [3.8, 4) is 0 Å². The molecule has 1 saturated carbocycles. The molecular weight excluding hydrogens is 300 g/mol. The number of hydrogen-bond acceptors (Lipinski definition) is 3. The van der Waals surface area contributed by atoms with E-state index in [0.717, 1.165) is 12.8 Å². The molecule has 24 heavy (non-hydrogen) atoms. The highest BCUT2D eigenvalue weighted by molar-refractivity contribution is 5.93. The van der Waals surface area contributed by atoms with E-state index in [-0.39, 0.29) is 11.6 Å². The van der Waals surface area contributed by atoms with Crippen molar-refractivity contribution in [2.75, 3.05) is 0 Å². The van der Waals surface area contributed by atoms with Crippen molar-refractivity contribution >= 4 is 16.7 Å². The molecule has 1 aliphatic carbocycles. The second-order valence-corrected chi connectivity index (χ2v) is 6.68. The van der Waals surface area contributed by atoms with Crippen molar-refractivity contribution < 1.29 is 9.90 Å². The van der Waals surface area contributed by atoms with Crippen LogP contribution < -0.4 is 10.6 Å². The average Bonchev–Trinajstić information content (AvgIpc) is 3.32. The highest BCUT2D eigenvalue weighted by Gasteiger charge is 2.43. The topological polar surface area (TPSA) is 61.4 Å². The molecule has 1 amide bonds. The number of rotatable bonds is 7. The van der Waals surface area contributed by atoms with E-state index in [1.165, 1.54) is 16.3 Å². The van der Waals surface area contributed by atoms with Crippen molar-refractivity contribution in [2.45, 2.75) is 44.5 Å². The van der Waals surface area contributed by atoms with Crippen LogP contribution in [0.3, 0.4) is 0 Å². The Bertz CT molecular complexity index is 758. The zero-order chi connectivity index (χ0) is 17.2. The minimum atomic E-state index is -0.554. The molecule has 0 aliphatic heterocycles. The first-order chi connectivity index (χ1) is 11.5. The van der Waals surface area contributed by atoms with Gasteiger partial charge >= 0.3 is 0 Å². The molecule has 0 radical (unpaired) electrons. The third kappa shape index (κ3) is 3.83. The molecule has 1 fully saturated rings. The van der Waals surface area contributed by atoms with Crippen molar-refractivity contribution in [3.63, 3.8) is 0 Å². The number of aliphatic hydroxyl groups is 1. The Balaban J connectivity index is 1.63. The first-order valence-corrected chi connectivity index (χ1v) is 8.39. The first kappa shape index (κ1) is 16.7. The van der Waals surface area contributed by atoms with Crippen LogP contribution in [0.1, 0.15) is 31.7 Å². The fourth-order valence-corrected chi connectivity index (χ4v) is 2.94. The lowest BCUT2D eigenvalue weighted by Crippen LogP contribution is -2.48. The molecule has 0 unspecified atom stereocenters. The van der Waals surface area contributed by atoms with Crippen molar-refractivity contribution in [1.82, 2.24) is 10.6 Å². The van der Waals surface area contributed by atoms with Gasteiger partial charge in [0.05, 0.1) is 11.8 Å². The molecular formula is C20H24N2O2. The van der Waals surface area contributed by atoms with E-state index < -0.39 is 6.10 Å². The molecule has 4 heteroatoms. The molecule has 0 heterocycles. The largest absolute Gasteiger partial charge is 0.393 e. The number of aliphatic hydroxyl groups excluding tert-OH is 1. The number of nitrogens with one attached hydrogen (secondary N) is 2. The summed E-state index contributed by atoms with van der Waals surface area (Å²) in [4.78, 5) is 12.2. The lowest BCUT2D eigenvalue weighted by Gasteiger charge is -2.21. The van der Waals surface area contributed by atoms with E-state index in [1.54, 1.807) is 6.92 Å². The molecule has 0 spiro atoms. The fraction of sp³-hybridized carbons (Fsp3) is 0.350. The molecule has 1 aliphatic rings. The lowest BCUT2D eigenvalue weighted by atomic mass is 10.0. The maximum Gasteiger partial charge on any atom is 0.248 e. The summed E-state index contributed by atoms with van der Waals surface area (Å²) in [6.45, 7) is 6.12. The summed E-state index contributed by atoms with van der Waals surface area (Å²) in [6.07, 6.45) is 1.56. The Morgan fingerprint density at radius 3 is 2.67 bits per heavy atom. The van der Waals surface area contributed by atoms with Gasteiger partial charge in [0.15, 0.2) is 0 Å². The van der Waals surface area contributed by atoms with Crippen LogP contribution >= 0.6 is 0 Å². The molecule has 3 N–H and O–H groups in total. The van der Waals surface area contributed by atoms with Crippen LogP contribution in [0.5, 0.6) is 0 Å². The zero-order valence-corrected chi connectivity index (χ0v) is 14.0. The van der Waals surface area contributed by atoms with Gasteiger partial charge in [-0.15, -0.1) is 0 Å². The van der Waals surface area contributed by atoms with Gasteiger partial charge in [-0.2, -0.15) is 0 Å². The Labute approximate surface area is 142 Å². The van der Waals surface area contributed by atoms with Crippen LogP contribution in [0.25, 0.3) is 10.8 Å². The fourth-order valence-electron chi connectivity index (χ4n) is 2.94. The zero-order valence-electron chi connectivity index (χ0n) is 14.0. The molecule has 2 aromatic carbocycles. The number of benzene rings is 2. The van der Waals surface area contributed by atoms with Crippen molar-refractivity contribution in [1.29, 1.82) is 0 Å². The van der Waals surface area contributed by atoms with Crippen LogP contribution in [0.15, 0.2) is 54.6 Å². The second kappa shape index (κ2) is 6.75. The van der Waals surface area contributed by atoms with Gasteiger partial charge in [0, 0.05) is 18.5 Å². The van der Waals surface area contributed by atoms with Gasteiger partial charge in [-0.3, -0.25) is 10.1 Å². The summed E-state index contributed by atoms with van der Waals surface area (Å²) in [7, 11) is 0. The molecule has 0 saturated heterocycles. The van der Waals surface area contributed by atoms with Crippen LogP contribution in [-0.4, -0.2) is 22.8 Å². The van der Waals surface area contributed by atoms with E-state index in [9.17, 15) is 9.90 Å². The highest BCUT2D eigenvalue weighted by atomic mass is 16.3. The third-order valence-electron chi connectivity index (χ3n) is 4.46. The molecule has 0 aromatic heterocycles. The summed E-state index contributed by atoms with van der Waals surface area (Å²) in [5.74, 6) is -0.182.